The average molecular weight is 305 g/mol. The Morgan fingerprint density at radius 2 is 1.68 bits per heavy atom. The zero-order valence-corrected chi connectivity index (χ0v) is 13.8. The molecule has 1 aliphatic heterocycles. The van der Waals surface area contributed by atoms with Gasteiger partial charge >= 0.3 is 0 Å². The molecule has 122 valence electrons. The van der Waals surface area contributed by atoms with Crippen molar-refractivity contribution in [3.8, 4) is 0 Å². The van der Waals surface area contributed by atoms with Crippen molar-refractivity contribution in [3.63, 3.8) is 0 Å². The normalized spacial score (nSPS) is 22.8. The fourth-order valence-electron chi connectivity index (χ4n) is 3.34. The van der Waals surface area contributed by atoms with E-state index in [-0.39, 0.29) is 23.9 Å². The van der Waals surface area contributed by atoms with Gasteiger partial charge < -0.3 is 14.4 Å². The van der Waals surface area contributed by atoms with E-state index in [4.69, 9.17) is 9.47 Å². The molecule has 1 aliphatic rings. The molecule has 2 rings (SSSR count). The highest BCUT2D eigenvalue weighted by atomic mass is 16.5. The average Bonchev–Trinajstić information content (AvgIpc) is 2.91. The van der Waals surface area contributed by atoms with Gasteiger partial charge in [0, 0.05) is 20.1 Å². The second-order valence-electron chi connectivity index (χ2n) is 6.13. The molecule has 22 heavy (non-hydrogen) atoms. The Kier molecular flexibility index (Phi) is 6.40. The number of carbonyl (C=O) groups is 1. The fourth-order valence-corrected chi connectivity index (χ4v) is 3.34. The minimum atomic E-state index is -0.0285. The third-order valence-corrected chi connectivity index (χ3v) is 4.40. The summed E-state index contributed by atoms with van der Waals surface area (Å²) in [6.07, 6.45) is 2.76. The molecule has 0 aromatic heterocycles. The molecule has 1 aromatic rings. The summed E-state index contributed by atoms with van der Waals surface area (Å²) in [5, 5.41) is 0. The molecule has 3 atom stereocenters. The predicted octanol–water partition coefficient (Wildman–Crippen LogP) is 2.52. The van der Waals surface area contributed by atoms with E-state index in [0.29, 0.717) is 13.2 Å². The number of hydrogen-bond donors (Lipinski definition) is 0. The Bertz CT molecular complexity index is 449. The van der Waals surface area contributed by atoms with Gasteiger partial charge in [-0.1, -0.05) is 37.3 Å². The number of amides is 1. The summed E-state index contributed by atoms with van der Waals surface area (Å²) in [6.45, 7) is 3.22. The molecular weight excluding hydrogens is 278 g/mol. The summed E-state index contributed by atoms with van der Waals surface area (Å²) in [4.78, 5) is 14.9. The Labute approximate surface area is 133 Å². The quantitative estimate of drug-likeness (QED) is 0.777. The number of hydrogen-bond acceptors (Lipinski definition) is 3. The van der Waals surface area contributed by atoms with Crippen LogP contribution in [0.25, 0.3) is 0 Å². The van der Waals surface area contributed by atoms with Gasteiger partial charge in [0.2, 0.25) is 5.91 Å². The number of likely N-dealkylation sites (tertiary alicyclic amines) is 1. The first-order chi connectivity index (χ1) is 10.7. The maximum Gasteiger partial charge on any atom is 0.226 e. The number of rotatable bonds is 7. The van der Waals surface area contributed by atoms with E-state index in [0.717, 1.165) is 19.3 Å². The first kappa shape index (κ1) is 17.0. The van der Waals surface area contributed by atoms with Crippen molar-refractivity contribution in [2.45, 2.75) is 38.3 Å². The van der Waals surface area contributed by atoms with Gasteiger partial charge in [0.1, 0.15) is 0 Å². The van der Waals surface area contributed by atoms with Crippen molar-refractivity contribution >= 4 is 5.91 Å². The first-order valence-corrected chi connectivity index (χ1v) is 8.01. The topological polar surface area (TPSA) is 38.8 Å². The zero-order chi connectivity index (χ0) is 15.9. The van der Waals surface area contributed by atoms with E-state index >= 15 is 0 Å². The lowest BCUT2D eigenvalue weighted by Gasteiger charge is -2.32. The summed E-state index contributed by atoms with van der Waals surface area (Å²) in [7, 11) is 3.39. The van der Waals surface area contributed by atoms with Crippen molar-refractivity contribution in [3.05, 3.63) is 35.9 Å². The molecule has 1 aromatic carbocycles. The van der Waals surface area contributed by atoms with Gasteiger partial charge in [-0.2, -0.15) is 0 Å². The summed E-state index contributed by atoms with van der Waals surface area (Å²) in [5.74, 6) is 0.185. The molecule has 0 spiro atoms. The molecule has 0 unspecified atom stereocenters. The molecule has 1 heterocycles. The molecular formula is C18H27NO3. The Morgan fingerprint density at radius 1 is 1.14 bits per heavy atom. The van der Waals surface area contributed by atoms with Crippen molar-refractivity contribution < 1.29 is 14.3 Å². The summed E-state index contributed by atoms with van der Waals surface area (Å²) >= 11 is 0. The highest BCUT2D eigenvalue weighted by Crippen LogP contribution is 2.27. The second-order valence-corrected chi connectivity index (χ2v) is 6.13. The molecule has 1 amide bonds. The van der Waals surface area contributed by atoms with Crippen LogP contribution in [0.4, 0.5) is 0 Å². The van der Waals surface area contributed by atoms with Gasteiger partial charge in [-0.25, -0.2) is 0 Å². The van der Waals surface area contributed by atoms with Gasteiger partial charge in [-0.3, -0.25) is 4.79 Å². The lowest BCUT2D eigenvalue weighted by molar-refractivity contribution is -0.140. The molecule has 1 fully saturated rings. The Balaban J connectivity index is 2.05. The van der Waals surface area contributed by atoms with Gasteiger partial charge in [0.15, 0.2) is 0 Å². The van der Waals surface area contributed by atoms with Gasteiger partial charge in [0.25, 0.3) is 0 Å². The fraction of sp³-hybridized carbons (Fsp3) is 0.611. The molecule has 4 heteroatoms. The minimum absolute atomic E-state index is 0.0285. The van der Waals surface area contributed by atoms with Crippen LogP contribution in [0.5, 0.6) is 0 Å². The molecule has 4 nitrogen and oxygen atoms in total. The SMILES string of the molecule is COC[C@H]1CC[C@H](COC)N1C(=O)[C@H](C)Cc1ccccc1. The largest absolute Gasteiger partial charge is 0.383 e. The van der Waals surface area contributed by atoms with Crippen molar-refractivity contribution in [2.24, 2.45) is 5.92 Å². The molecule has 1 saturated heterocycles. The van der Waals surface area contributed by atoms with Crippen LogP contribution in [0.2, 0.25) is 0 Å². The third kappa shape index (κ3) is 4.08. The van der Waals surface area contributed by atoms with Crippen molar-refractivity contribution in [1.29, 1.82) is 0 Å². The predicted molar refractivity (Wildman–Crippen MR) is 86.7 cm³/mol. The van der Waals surface area contributed by atoms with E-state index in [1.54, 1.807) is 14.2 Å². The maximum absolute atomic E-state index is 12.9. The van der Waals surface area contributed by atoms with Crippen molar-refractivity contribution in [2.75, 3.05) is 27.4 Å². The molecule has 0 saturated carbocycles. The number of benzene rings is 1. The smallest absolute Gasteiger partial charge is 0.226 e. The third-order valence-electron chi connectivity index (χ3n) is 4.40. The summed E-state index contributed by atoms with van der Waals surface area (Å²) < 4.78 is 10.6. The lowest BCUT2D eigenvalue weighted by Crippen LogP contribution is -2.47. The number of methoxy groups -OCH3 is 2. The molecule has 0 aliphatic carbocycles. The molecule has 0 radical (unpaired) electrons. The minimum Gasteiger partial charge on any atom is -0.383 e. The van der Waals surface area contributed by atoms with E-state index in [9.17, 15) is 4.79 Å². The van der Waals surface area contributed by atoms with E-state index < -0.39 is 0 Å². The lowest BCUT2D eigenvalue weighted by atomic mass is 9.99. The van der Waals surface area contributed by atoms with Crippen LogP contribution in [0.3, 0.4) is 0 Å². The van der Waals surface area contributed by atoms with E-state index in [2.05, 4.69) is 12.1 Å². The number of carbonyl (C=O) groups excluding carboxylic acids is 1. The van der Waals surface area contributed by atoms with Crippen LogP contribution in [-0.4, -0.2) is 50.3 Å². The number of ether oxygens (including phenoxy) is 2. The van der Waals surface area contributed by atoms with Crippen LogP contribution >= 0.6 is 0 Å². The van der Waals surface area contributed by atoms with Crippen LogP contribution < -0.4 is 0 Å². The van der Waals surface area contributed by atoms with Crippen LogP contribution in [0, 0.1) is 5.92 Å². The molecule has 0 N–H and O–H groups in total. The summed E-state index contributed by atoms with van der Waals surface area (Å²) in [6, 6.07) is 10.5. The monoisotopic (exact) mass is 305 g/mol. The van der Waals surface area contributed by atoms with Gasteiger partial charge in [-0.15, -0.1) is 0 Å². The van der Waals surface area contributed by atoms with Crippen LogP contribution in [0.1, 0.15) is 25.3 Å². The van der Waals surface area contributed by atoms with Gasteiger partial charge in [-0.05, 0) is 24.8 Å². The number of nitrogens with zero attached hydrogens (tertiary/aromatic N) is 1. The van der Waals surface area contributed by atoms with E-state index in [1.807, 2.05) is 30.0 Å². The second kappa shape index (κ2) is 8.30. The van der Waals surface area contributed by atoms with Crippen molar-refractivity contribution in [1.82, 2.24) is 4.90 Å². The standard InChI is InChI=1S/C18H27NO3/c1-14(11-15-7-5-4-6-8-15)18(20)19-16(12-21-2)9-10-17(19)13-22-3/h4-8,14,16-17H,9-13H2,1-3H3/t14-,16-,17-/m1/s1. The Hall–Kier alpha value is -1.39. The maximum atomic E-state index is 12.9. The highest BCUT2D eigenvalue weighted by Gasteiger charge is 2.38. The highest BCUT2D eigenvalue weighted by molar-refractivity contribution is 5.79. The van der Waals surface area contributed by atoms with Gasteiger partial charge in [0.05, 0.1) is 25.3 Å². The Morgan fingerprint density at radius 3 is 2.18 bits per heavy atom. The molecule has 0 bridgehead atoms. The van der Waals surface area contributed by atoms with Crippen LogP contribution in [-0.2, 0) is 20.7 Å². The van der Waals surface area contributed by atoms with E-state index in [1.165, 1.54) is 5.56 Å². The zero-order valence-electron chi connectivity index (χ0n) is 13.8. The first-order valence-electron chi connectivity index (χ1n) is 8.01. The summed E-state index contributed by atoms with van der Waals surface area (Å²) in [5.41, 5.74) is 1.20. The van der Waals surface area contributed by atoms with Crippen LogP contribution in [0.15, 0.2) is 30.3 Å².